The lowest BCUT2D eigenvalue weighted by Crippen LogP contribution is -2.25. The summed E-state index contributed by atoms with van der Waals surface area (Å²) in [6.07, 6.45) is 0.522. The van der Waals surface area contributed by atoms with Crippen molar-refractivity contribution in [2.75, 3.05) is 5.75 Å². The first kappa shape index (κ1) is 11.8. The molecular weight excluding hydrogens is 246 g/mol. The maximum Gasteiger partial charge on any atom is 0.189 e. The summed E-state index contributed by atoms with van der Waals surface area (Å²) >= 11 is 1.38. The monoisotopic (exact) mass is 259 g/mol. The van der Waals surface area contributed by atoms with Gasteiger partial charge in [-0.2, -0.15) is 0 Å². The number of sulfone groups is 1. The molecule has 0 bridgehead atoms. The van der Waals surface area contributed by atoms with E-state index < -0.39 is 15.9 Å². The number of thiophene rings is 1. The van der Waals surface area contributed by atoms with Crippen LogP contribution in [0.15, 0.2) is 6.07 Å². The van der Waals surface area contributed by atoms with E-state index in [1.165, 1.54) is 11.3 Å². The highest BCUT2D eigenvalue weighted by atomic mass is 32.2. The number of carbonyl (C=O) groups excluding carboxylic acids is 1. The molecule has 1 unspecified atom stereocenters. The van der Waals surface area contributed by atoms with Gasteiger partial charge in [0.2, 0.25) is 0 Å². The van der Waals surface area contributed by atoms with E-state index in [0.29, 0.717) is 11.3 Å². The Morgan fingerprint density at radius 2 is 2.25 bits per heavy atom. The van der Waals surface area contributed by atoms with Crippen molar-refractivity contribution in [2.45, 2.75) is 25.1 Å². The SMILES string of the molecule is CC(N)C(=O)c1cc2c(s1)CCS(=O)(=O)C2. The lowest BCUT2D eigenvalue weighted by molar-refractivity contribution is 0.0972. The van der Waals surface area contributed by atoms with Gasteiger partial charge in [0.05, 0.1) is 22.4 Å². The summed E-state index contributed by atoms with van der Waals surface area (Å²) in [5, 5.41) is 0. The molecule has 0 saturated carbocycles. The van der Waals surface area contributed by atoms with Gasteiger partial charge in [-0.25, -0.2) is 8.42 Å². The van der Waals surface area contributed by atoms with E-state index in [4.69, 9.17) is 5.73 Å². The fourth-order valence-electron chi connectivity index (χ4n) is 1.70. The maximum atomic E-state index is 11.7. The minimum Gasteiger partial charge on any atom is -0.321 e. The fourth-order valence-corrected chi connectivity index (χ4v) is 4.53. The predicted octanol–water partition coefficient (Wildman–Crippen LogP) is 0.749. The molecule has 0 radical (unpaired) electrons. The Balaban J connectivity index is 2.36. The Hall–Kier alpha value is -0.720. The van der Waals surface area contributed by atoms with Gasteiger partial charge in [0.15, 0.2) is 15.6 Å². The first-order valence-electron chi connectivity index (χ1n) is 5.01. The van der Waals surface area contributed by atoms with Crippen molar-refractivity contribution in [3.8, 4) is 0 Å². The van der Waals surface area contributed by atoms with Gasteiger partial charge in [0, 0.05) is 4.88 Å². The number of ketones is 1. The average Bonchev–Trinajstić information content (AvgIpc) is 2.57. The number of hydrogen-bond acceptors (Lipinski definition) is 5. The highest BCUT2D eigenvalue weighted by Crippen LogP contribution is 2.29. The highest BCUT2D eigenvalue weighted by Gasteiger charge is 2.25. The number of carbonyl (C=O) groups is 1. The number of nitrogens with two attached hydrogens (primary N) is 1. The molecule has 2 N–H and O–H groups in total. The summed E-state index contributed by atoms with van der Waals surface area (Å²) in [5.41, 5.74) is 6.30. The van der Waals surface area contributed by atoms with Crippen molar-refractivity contribution in [3.63, 3.8) is 0 Å². The predicted molar refractivity (Wildman–Crippen MR) is 63.5 cm³/mol. The summed E-state index contributed by atoms with van der Waals surface area (Å²) in [4.78, 5) is 13.3. The summed E-state index contributed by atoms with van der Waals surface area (Å²) in [6.45, 7) is 1.64. The van der Waals surface area contributed by atoms with E-state index in [-0.39, 0.29) is 17.3 Å². The summed E-state index contributed by atoms with van der Waals surface area (Å²) in [5.74, 6) is 0.133. The number of fused-ring (bicyclic) bond motifs is 1. The van der Waals surface area contributed by atoms with Gasteiger partial charge in [-0.3, -0.25) is 4.79 Å². The van der Waals surface area contributed by atoms with Crippen LogP contribution in [-0.2, 0) is 22.0 Å². The van der Waals surface area contributed by atoms with E-state index in [1.807, 2.05) is 0 Å². The zero-order valence-corrected chi connectivity index (χ0v) is 10.5. The van der Waals surface area contributed by atoms with E-state index in [2.05, 4.69) is 0 Å². The van der Waals surface area contributed by atoms with E-state index in [1.54, 1.807) is 13.0 Å². The van der Waals surface area contributed by atoms with Crippen LogP contribution in [0.3, 0.4) is 0 Å². The van der Waals surface area contributed by atoms with Crippen LogP contribution in [0.5, 0.6) is 0 Å². The topological polar surface area (TPSA) is 77.2 Å². The summed E-state index contributed by atoms with van der Waals surface area (Å²) < 4.78 is 22.8. The van der Waals surface area contributed by atoms with Gasteiger partial charge in [0.25, 0.3) is 0 Å². The molecule has 0 aliphatic carbocycles. The van der Waals surface area contributed by atoms with Gasteiger partial charge >= 0.3 is 0 Å². The van der Waals surface area contributed by atoms with Crippen LogP contribution in [0.25, 0.3) is 0 Å². The first-order valence-corrected chi connectivity index (χ1v) is 7.64. The van der Waals surface area contributed by atoms with Crippen LogP contribution in [0.1, 0.15) is 27.0 Å². The van der Waals surface area contributed by atoms with Crippen molar-refractivity contribution in [1.82, 2.24) is 0 Å². The average molecular weight is 259 g/mol. The number of Topliss-reactive ketones (excluding diaryl/α,β-unsaturated/α-hetero) is 1. The number of hydrogen-bond donors (Lipinski definition) is 1. The Bertz CT molecular complexity index is 528. The third-order valence-corrected chi connectivity index (χ3v) is 5.40. The number of rotatable bonds is 2. The molecule has 0 aromatic carbocycles. The summed E-state index contributed by atoms with van der Waals surface area (Å²) in [7, 11) is -2.96. The van der Waals surface area contributed by atoms with E-state index >= 15 is 0 Å². The molecule has 16 heavy (non-hydrogen) atoms. The van der Waals surface area contributed by atoms with Crippen molar-refractivity contribution in [1.29, 1.82) is 0 Å². The minimum atomic E-state index is -2.96. The third-order valence-electron chi connectivity index (χ3n) is 2.57. The molecule has 1 aromatic heterocycles. The maximum absolute atomic E-state index is 11.7. The first-order chi connectivity index (χ1) is 7.39. The largest absolute Gasteiger partial charge is 0.321 e. The third kappa shape index (κ3) is 2.18. The van der Waals surface area contributed by atoms with Crippen LogP contribution >= 0.6 is 11.3 Å². The molecule has 2 heterocycles. The zero-order chi connectivity index (χ0) is 11.9. The molecule has 1 aromatic rings. The summed E-state index contributed by atoms with van der Waals surface area (Å²) in [6, 6.07) is 1.15. The second-order valence-electron chi connectivity index (χ2n) is 4.05. The molecule has 88 valence electrons. The second kappa shape index (κ2) is 3.94. The molecule has 2 rings (SSSR count). The van der Waals surface area contributed by atoms with Crippen LogP contribution < -0.4 is 5.73 Å². The Morgan fingerprint density at radius 3 is 2.88 bits per heavy atom. The molecule has 0 spiro atoms. The number of aryl methyl sites for hydroxylation is 1. The van der Waals surface area contributed by atoms with E-state index in [9.17, 15) is 13.2 Å². The van der Waals surface area contributed by atoms with Gasteiger partial charge < -0.3 is 5.73 Å². The smallest absolute Gasteiger partial charge is 0.189 e. The molecule has 6 heteroatoms. The van der Waals surface area contributed by atoms with Gasteiger partial charge in [-0.15, -0.1) is 11.3 Å². The highest BCUT2D eigenvalue weighted by molar-refractivity contribution is 7.90. The molecule has 1 atom stereocenters. The van der Waals surface area contributed by atoms with Crippen molar-refractivity contribution in [2.24, 2.45) is 5.73 Å². The molecule has 1 aliphatic rings. The molecule has 1 aliphatic heterocycles. The molecular formula is C10H13NO3S2. The Kier molecular flexibility index (Phi) is 2.90. The van der Waals surface area contributed by atoms with Gasteiger partial charge in [0.1, 0.15) is 0 Å². The fraction of sp³-hybridized carbons (Fsp3) is 0.500. The van der Waals surface area contributed by atoms with Gasteiger partial charge in [-0.05, 0) is 25.0 Å². The van der Waals surface area contributed by atoms with Crippen LogP contribution in [0.2, 0.25) is 0 Å². The van der Waals surface area contributed by atoms with Crippen LogP contribution in [0, 0.1) is 0 Å². The van der Waals surface area contributed by atoms with Crippen molar-refractivity contribution >= 4 is 27.0 Å². The zero-order valence-electron chi connectivity index (χ0n) is 8.89. The second-order valence-corrected chi connectivity index (χ2v) is 7.37. The molecule has 0 fully saturated rings. The van der Waals surface area contributed by atoms with E-state index in [0.717, 1.165) is 10.4 Å². The quantitative estimate of drug-likeness (QED) is 0.795. The lowest BCUT2D eigenvalue weighted by atomic mass is 10.1. The molecule has 4 nitrogen and oxygen atoms in total. The van der Waals surface area contributed by atoms with Crippen LogP contribution in [0.4, 0.5) is 0 Å². The Morgan fingerprint density at radius 1 is 1.56 bits per heavy atom. The normalized spacial score (nSPS) is 20.1. The minimum absolute atomic E-state index is 0.0606. The van der Waals surface area contributed by atoms with Crippen molar-refractivity contribution < 1.29 is 13.2 Å². The standard InChI is InChI=1S/C10H13NO3S2/c1-6(11)10(12)9-4-7-5-16(13,14)3-2-8(7)15-9/h4,6H,2-3,5,11H2,1H3. The van der Waals surface area contributed by atoms with Crippen molar-refractivity contribution in [3.05, 3.63) is 21.4 Å². The molecule has 0 amide bonds. The van der Waals surface area contributed by atoms with Crippen LogP contribution in [-0.4, -0.2) is 26.0 Å². The van der Waals surface area contributed by atoms with Gasteiger partial charge in [-0.1, -0.05) is 0 Å². The lowest BCUT2D eigenvalue weighted by Gasteiger charge is -2.10. The Labute approximate surface area is 98.4 Å². The molecule has 0 saturated heterocycles.